The minimum Gasteiger partial charge on any atom is -0.368 e. The monoisotopic (exact) mass is 198 g/mol. The van der Waals surface area contributed by atoms with E-state index in [-0.39, 0.29) is 6.61 Å². The molecule has 0 aromatic rings. The lowest BCUT2D eigenvalue weighted by molar-refractivity contribution is -0.100. The Morgan fingerprint density at radius 3 is 2.58 bits per heavy atom. The Balaban J connectivity index is 2.21. The van der Waals surface area contributed by atoms with E-state index >= 15 is 0 Å². The second kappa shape index (κ2) is 3.83. The second-order valence-electron chi connectivity index (χ2n) is 2.58. The fourth-order valence-electron chi connectivity index (χ4n) is 0.990. The molecule has 0 bridgehead atoms. The van der Waals surface area contributed by atoms with Gasteiger partial charge in [-0.05, 0) is 6.42 Å². The molecule has 1 aliphatic rings. The van der Waals surface area contributed by atoms with Gasteiger partial charge in [-0.3, -0.25) is 4.52 Å². The molecule has 0 saturated carbocycles. The number of phosphoric ester groups is 1. The standard InChI is InChI=1S/C5H11O6P/c6-5-2-1-4(11-5)3-10-12(7,8)9/h4-6H,1-3H2,(H2,7,8,9)/t4-,5?/m0/s1. The van der Waals surface area contributed by atoms with Crippen molar-refractivity contribution in [1.29, 1.82) is 0 Å². The maximum atomic E-state index is 10.2. The molecule has 3 N–H and O–H groups in total. The first kappa shape index (κ1) is 10.1. The highest BCUT2D eigenvalue weighted by Gasteiger charge is 2.26. The highest BCUT2D eigenvalue weighted by Crippen LogP contribution is 2.36. The summed E-state index contributed by atoms with van der Waals surface area (Å²) in [7, 11) is -4.40. The Kier molecular flexibility index (Phi) is 3.22. The van der Waals surface area contributed by atoms with E-state index in [2.05, 4.69) is 4.52 Å². The van der Waals surface area contributed by atoms with Crippen molar-refractivity contribution in [2.75, 3.05) is 6.61 Å². The Hall–Kier alpha value is 0.0300. The van der Waals surface area contributed by atoms with Crippen LogP contribution in [0.5, 0.6) is 0 Å². The van der Waals surface area contributed by atoms with E-state index in [4.69, 9.17) is 19.6 Å². The Bertz CT molecular complexity index is 188. The van der Waals surface area contributed by atoms with Gasteiger partial charge in [-0.15, -0.1) is 0 Å². The summed E-state index contributed by atoms with van der Waals surface area (Å²) >= 11 is 0. The van der Waals surface area contributed by atoms with E-state index in [0.29, 0.717) is 12.8 Å². The van der Waals surface area contributed by atoms with Crippen molar-refractivity contribution >= 4 is 7.82 Å². The van der Waals surface area contributed by atoms with Gasteiger partial charge in [0.15, 0.2) is 6.29 Å². The summed E-state index contributed by atoms with van der Waals surface area (Å²) in [5.41, 5.74) is 0. The van der Waals surface area contributed by atoms with Crippen LogP contribution in [0, 0.1) is 0 Å². The maximum absolute atomic E-state index is 10.2. The van der Waals surface area contributed by atoms with E-state index in [0.717, 1.165) is 0 Å². The van der Waals surface area contributed by atoms with Gasteiger partial charge < -0.3 is 19.6 Å². The van der Waals surface area contributed by atoms with Crippen molar-refractivity contribution in [2.45, 2.75) is 25.2 Å². The smallest absolute Gasteiger partial charge is 0.368 e. The van der Waals surface area contributed by atoms with Gasteiger partial charge in [0.05, 0.1) is 12.7 Å². The third-order valence-corrected chi connectivity index (χ3v) is 2.00. The van der Waals surface area contributed by atoms with Crippen LogP contribution in [0.25, 0.3) is 0 Å². The van der Waals surface area contributed by atoms with Crippen LogP contribution in [0.4, 0.5) is 0 Å². The predicted octanol–water partition coefficient (Wildman–Crippen LogP) is -0.407. The van der Waals surface area contributed by atoms with E-state index in [1.807, 2.05) is 0 Å². The lowest BCUT2D eigenvalue weighted by atomic mass is 10.2. The van der Waals surface area contributed by atoms with Crippen molar-refractivity contribution in [3.63, 3.8) is 0 Å². The minimum absolute atomic E-state index is 0.179. The summed E-state index contributed by atoms with van der Waals surface area (Å²) < 4.78 is 19.3. The molecule has 0 spiro atoms. The van der Waals surface area contributed by atoms with Gasteiger partial charge >= 0.3 is 7.82 Å². The predicted molar refractivity (Wildman–Crippen MR) is 38.1 cm³/mol. The molecule has 0 radical (unpaired) electrons. The van der Waals surface area contributed by atoms with E-state index < -0.39 is 20.2 Å². The van der Waals surface area contributed by atoms with Gasteiger partial charge in [-0.2, -0.15) is 0 Å². The topological polar surface area (TPSA) is 96.2 Å². The van der Waals surface area contributed by atoms with Gasteiger partial charge in [-0.1, -0.05) is 0 Å². The molecule has 0 amide bonds. The van der Waals surface area contributed by atoms with Crippen LogP contribution in [0.15, 0.2) is 0 Å². The zero-order valence-electron chi connectivity index (χ0n) is 6.29. The zero-order chi connectivity index (χ0) is 9.19. The Morgan fingerprint density at radius 1 is 1.50 bits per heavy atom. The van der Waals surface area contributed by atoms with Crippen LogP contribution in [-0.4, -0.2) is 33.9 Å². The molecule has 1 aliphatic heterocycles. The first-order valence-electron chi connectivity index (χ1n) is 3.51. The van der Waals surface area contributed by atoms with Crippen LogP contribution in [0.2, 0.25) is 0 Å². The van der Waals surface area contributed by atoms with Crippen molar-refractivity contribution < 1.29 is 28.7 Å². The first-order valence-corrected chi connectivity index (χ1v) is 5.04. The summed E-state index contributed by atoms with van der Waals surface area (Å²) in [5, 5.41) is 8.86. The minimum atomic E-state index is -4.40. The summed E-state index contributed by atoms with van der Waals surface area (Å²) in [6.45, 7) is -0.179. The number of aliphatic hydroxyl groups is 1. The van der Waals surface area contributed by atoms with Crippen molar-refractivity contribution in [1.82, 2.24) is 0 Å². The fourth-order valence-corrected chi connectivity index (χ4v) is 1.35. The summed E-state index contributed by atoms with van der Waals surface area (Å²) in [4.78, 5) is 16.6. The van der Waals surface area contributed by atoms with Crippen molar-refractivity contribution in [3.05, 3.63) is 0 Å². The van der Waals surface area contributed by atoms with Crippen LogP contribution in [-0.2, 0) is 13.8 Å². The molecule has 0 aromatic heterocycles. The van der Waals surface area contributed by atoms with Crippen molar-refractivity contribution in [3.8, 4) is 0 Å². The summed E-state index contributed by atoms with van der Waals surface area (Å²) in [6.07, 6.45) is -0.195. The van der Waals surface area contributed by atoms with Gasteiger partial charge in [-0.25, -0.2) is 4.57 Å². The number of hydrogen-bond donors (Lipinski definition) is 3. The number of ether oxygens (including phenoxy) is 1. The molecule has 72 valence electrons. The van der Waals surface area contributed by atoms with E-state index in [9.17, 15) is 4.57 Å². The average molecular weight is 198 g/mol. The number of phosphoric acid groups is 1. The lowest BCUT2D eigenvalue weighted by Gasteiger charge is -2.10. The third-order valence-electron chi connectivity index (χ3n) is 1.51. The molecular formula is C5H11O6P. The largest absolute Gasteiger partial charge is 0.469 e. The molecular weight excluding hydrogens is 187 g/mol. The number of aliphatic hydroxyl groups excluding tert-OH is 1. The summed E-state index contributed by atoms with van der Waals surface area (Å²) in [5.74, 6) is 0. The van der Waals surface area contributed by atoms with Gasteiger partial charge in [0.25, 0.3) is 0 Å². The molecule has 1 fully saturated rings. The molecule has 6 nitrogen and oxygen atoms in total. The molecule has 1 unspecified atom stereocenters. The highest BCUT2D eigenvalue weighted by molar-refractivity contribution is 7.46. The molecule has 0 aromatic carbocycles. The molecule has 1 rings (SSSR count). The second-order valence-corrected chi connectivity index (χ2v) is 3.82. The molecule has 0 aliphatic carbocycles. The Labute approximate surface area is 69.4 Å². The molecule has 7 heteroatoms. The fraction of sp³-hybridized carbons (Fsp3) is 1.00. The average Bonchev–Trinajstić information content (AvgIpc) is 2.30. The first-order chi connectivity index (χ1) is 5.47. The van der Waals surface area contributed by atoms with E-state index in [1.54, 1.807) is 0 Å². The van der Waals surface area contributed by atoms with Gasteiger partial charge in [0.2, 0.25) is 0 Å². The zero-order valence-corrected chi connectivity index (χ0v) is 7.18. The molecule has 1 saturated heterocycles. The summed E-state index contributed by atoms with van der Waals surface area (Å²) in [6, 6.07) is 0. The Morgan fingerprint density at radius 2 is 2.17 bits per heavy atom. The molecule has 12 heavy (non-hydrogen) atoms. The van der Waals surface area contributed by atoms with Crippen LogP contribution >= 0.6 is 7.82 Å². The van der Waals surface area contributed by atoms with Gasteiger partial charge in [0.1, 0.15) is 0 Å². The van der Waals surface area contributed by atoms with Crippen LogP contribution < -0.4 is 0 Å². The quantitative estimate of drug-likeness (QED) is 0.533. The third kappa shape index (κ3) is 3.62. The maximum Gasteiger partial charge on any atom is 0.469 e. The normalized spacial score (nSPS) is 30.9. The SMILES string of the molecule is O=P(O)(O)OC[C@@H]1CCC(O)O1. The lowest BCUT2D eigenvalue weighted by Crippen LogP contribution is -2.15. The van der Waals surface area contributed by atoms with Crippen LogP contribution in [0.1, 0.15) is 12.8 Å². The molecule has 1 heterocycles. The van der Waals surface area contributed by atoms with Crippen LogP contribution in [0.3, 0.4) is 0 Å². The van der Waals surface area contributed by atoms with Crippen molar-refractivity contribution in [2.24, 2.45) is 0 Å². The van der Waals surface area contributed by atoms with Gasteiger partial charge in [0, 0.05) is 6.42 Å². The number of rotatable bonds is 3. The highest BCUT2D eigenvalue weighted by atomic mass is 31.2. The molecule has 2 atom stereocenters. The van der Waals surface area contributed by atoms with E-state index in [1.165, 1.54) is 0 Å². The number of hydrogen-bond acceptors (Lipinski definition) is 4.